The summed E-state index contributed by atoms with van der Waals surface area (Å²) in [5.41, 5.74) is 3.18. The number of fused-ring (bicyclic) bond motifs is 5. The molecule has 0 radical (unpaired) electrons. The second-order valence-corrected chi connectivity index (χ2v) is 14.7. The van der Waals surface area contributed by atoms with Crippen LogP contribution in [0.2, 0.25) is 0 Å². The van der Waals surface area contributed by atoms with Gasteiger partial charge in [0.25, 0.3) is 10.1 Å². The quantitative estimate of drug-likeness (QED) is 0.248. The minimum absolute atomic E-state index is 0.0668. The number of carbonyl (C=O) groups is 1. The topological polar surface area (TPSA) is 88.1 Å². The van der Waals surface area contributed by atoms with Crippen LogP contribution in [0, 0.1) is 35.5 Å². The van der Waals surface area contributed by atoms with Gasteiger partial charge < -0.3 is 14.2 Å². The molecule has 0 spiro atoms. The molecule has 8 heteroatoms. The second-order valence-electron chi connectivity index (χ2n) is 13.1. The molecule has 7 nitrogen and oxygen atoms in total. The number of allylic oxidation sites excluding steroid dienone is 2. The fraction of sp³-hybridized carbons (Fsp3) is 0.656. The van der Waals surface area contributed by atoms with Gasteiger partial charge >= 0.3 is 5.97 Å². The number of esters is 1. The molecule has 1 aromatic rings. The van der Waals surface area contributed by atoms with Crippen LogP contribution in [0.3, 0.4) is 0 Å². The Labute approximate surface area is 238 Å². The van der Waals surface area contributed by atoms with Crippen molar-refractivity contribution in [1.29, 1.82) is 0 Å². The first kappa shape index (κ1) is 28.1. The van der Waals surface area contributed by atoms with Gasteiger partial charge in [-0.05, 0) is 81.8 Å². The summed E-state index contributed by atoms with van der Waals surface area (Å²) in [4.78, 5) is 12.6. The van der Waals surface area contributed by atoms with Crippen molar-refractivity contribution in [2.75, 3.05) is 13.2 Å². The van der Waals surface area contributed by atoms with Crippen molar-refractivity contribution in [3.8, 4) is 0 Å². The van der Waals surface area contributed by atoms with E-state index in [2.05, 4.69) is 26.0 Å². The summed E-state index contributed by atoms with van der Waals surface area (Å²) < 4.78 is 50.3. The van der Waals surface area contributed by atoms with Gasteiger partial charge in [0.05, 0.1) is 24.2 Å². The predicted octanol–water partition coefficient (Wildman–Crippen LogP) is 5.87. The van der Waals surface area contributed by atoms with Gasteiger partial charge in [-0.2, -0.15) is 8.42 Å². The monoisotopic (exact) mass is 570 g/mol. The highest BCUT2D eigenvalue weighted by atomic mass is 32.2. The Kier molecular flexibility index (Phi) is 6.88. The first-order valence-corrected chi connectivity index (χ1v) is 16.1. The van der Waals surface area contributed by atoms with Gasteiger partial charge in [-0.15, -0.1) is 0 Å². The predicted molar refractivity (Wildman–Crippen MR) is 150 cm³/mol. The highest BCUT2D eigenvalue weighted by molar-refractivity contribution is 7.86. The zero-order valence-electron chi connectivity index (χ0n) is 24.3. The molecular weight excluding hydrogens is 528 g/mol. The number of rotatable bonds is 5. The normalized spacial score (nSPS) is 38.5. The molecule has 0 amide bonds. The van der Waals surface area contributed by atoms with E-state index in [1.54, 1.807) is 24.3 Å². The van der Waals surface area contributed by atoms with E-state index in [9.17, 15) is 13.2 Å². The molecule has 0 aromatic heterocycles. The Morgan fingerprint density at radius 1 is 1.02 bits per heavy atom. The van der Waals surface area contributed by atoms with E-state index in [1.165, 1.54) is 18.1 Å². The molecule has 1 saturated heterocycles. The number of hydrogen-bond acceptors (Lipinski definition) is 7. The zero-order valence-corrected chi connectivity index (χ0v) is 25.1. The van der Waals surface area contributed by atoms with Crippen molar-refractivity contribution in [2.45, 2.75) is 96.0 Å². The lowest BCUT2D eigenvalue weighted by molar-refractivity contribution is -0.223. The SMILES string of the molecule is CC(=O)OC1CC2C(CC=C3CC(OS(=O)(=O)c4ccc(C)cc4)CCC32C)C2=CCC(C3(C)OCCO3)C21C. The van der Waals surface area contributed by atoms with E-state index < -0.39 is 15.9 Å². The lowest BCUT2D eigenvalue weighted by Gasteiger charge is -2.59. The molecule has 4 aliphatic carbocycles. The molecule has 1 aliphatic heterocycles. The standard InChI is InChI=1S/C32H42O7S/c1-20-6-9-24(10-7-20)40(34,35)39-23-14-15-30(3)22(18-23)8-11-25-26-12-13-28(32(5)36-16-17-37-32)31(26,4)29(19-27(25)30)38-21(2)33/h6-10,12,23,25,27-29H,11,13-19H2,1-5H3. The van der Waals surface area contributed by atoms with Gasteiger partial charge in [0.15, 0.2) is 5.79 Å². The molecule has 40 heavy (non-hydrogen) atoms. The highest BCUT2D eigenvalue weighted by Crippen LogP contribution is 2.67. The molecule has 1 heterocycles. The number of hydrogen-bond donors (Lipinski definition) is 0. The molecule has 7 atom stereocenters. The van der Waals surface area contributed by atoms with E-state index in [0.29, 0.717) is 37.9 Å². The molecule has 218 valence electrons. The smallest absolute Gasteiger partial charge is 0.302 e. The maximum absolute atomic E-state index is 13.0. The molecule has 1 aromatic carbocycles. The first-order chi connectivity index (χ1) is 18.9. The van der Waals surface area contributed by atoms with Crippen LogP contribution in [0.1, 0.15) is 71.8 Å². The Hall–Kier alpha value is -2.00. The van der Waals surface area contributed by atoms with E-state index in [4.69, 9.17) is 18.4 Å². The third-order valence-electron chi connectivity index (χ3n) is 10.9. The van der Waals surface area contributed by atoms with Gasteiger partial charge in [-0.3, -0.25) is 8.98 Å². The van der Waals surface area contributed by atoms with Crippen molar-refractivity contribution in [1.82, 2.24) is 0 Å². The number of ether oxygens (including phenoxy) is 3. The van der Waals surface area contributed by atoms with Gasteiger partial charge in [0.2, 0.25) is 0 Å². The molecule has 6 rings (SSSR count). The third kappa shape index (κ3) is 4.41. The Morgan fingerprint density at radius 3 is 2.40 bits per heavy atom. The van der Waals surface area contributed by atoms with Crippen LogP contribution in [0.25, 0.3) is 0 Å². The number of carbonyl (C=O) groups excluding carboxylic acids is 1. The van der Waals surface area contributed by atoms with E-state index >= 15 is 0 Å². The molecule has 3 fully saturated rings. The lowest BCUT2D eigenvalue weighted by Crippen LogP contribution is -2.58. The second kappa shape index (κ2) is 9.79. The number of benzene rings is 1. The molecule has 7 unspecified atom stereocenters. The fourth-order valence-corrected chi connectivity index (χ4v) is 9.92. The molecular formula is C32H42O7S. The van der Waals surface area contributed by atoms with Crippen LogP contribution in [0.15, 0.2) is 52.5 Å². The average molecular weight is 571 g/mol. The van der Waals surface area contributed by atoms with Crippen molar-refractivity contribution < 1.29 is 31.6 Å². The summed E-state index contributed by atoms with van der Waals surface area (Å²) in [6.07, 6.45) is 8.66. The largest absolute Gasteiger partial charge is 0.462 e. The Balaban J connectivity index is 1.27. The zero-order chi connectivity index (χ0) is 28.5. The van der Waals surface area contributed by atoms with Crippen LogP contribution < -0.4 is 0 Å². The first-order valence-electron chi connectivity index (χ1n) is 14.7. The van der Waals surface area contributed by atoms with E-state index in [-0.39, 0.29) is 39.8 Å². The van der Waals surface area contributed by atoms with E-state index in [0.717, 1.165) is 31.2 Å². The van der Waals surface area contributed by atoms with Gasteiger partial charge in [0.1, 0.15) is 6.10 Å². The van der Waals surface area contributed by atoms with E-state index in [1.807, 2.05) is 13.8 Å². The van der Waals surface area contributed by atoms with Crippen LogP contribution in [0.4, 0.5) is 0 Å². The molecule has 2 saturated carbocycles. The molecule has 0 bridgehead atoms. The Bertz CT molecular complexity index is 1340. The number of aryl methyl sites for hydroxylation is 1. The van der Waals surface area contributed by atoms with Crippen LogP contribution in [-0.4, -0.2) is 45.6 Å². The summed E-state index contributed by atoms with van der Waals surface area (Å²) in [6.45, 7) is 11.2. The van der Waals surface area contributed by atoms with Gasteiger partial charge in [0, 0.05) is 18.3 Å². The summed E-state index contributed by atoms with van der Waals surface area (Å²) in [5, 5.41) is 0. The maximum Gasteiger partial charge on any atom is 0.302 e. The van der Waals surface area contributed by atoms with Gasteiger partial charge in [-0.1, -0.05) is 54.8 Å². The third-order valence-corrected chi connectivity index (χ3v) is 12.3. The minimum atomic E-state index is -3.84. The fourth-order valence-electron chi connectivity index (χ4n) is 8.82. The van der Waals surface area contributed by atoms with Crippen LogP contribution in [-0.2, 0) is 33.3 Å². The summed E-state index contributed by atoms with van der Waals surface area (Å²) in [6, 6.07) is 6.81. The molecule has 0 N–H and O–H groups in total. The van der Waals surface area contributed by atoms with Crippen molar-refractivity contribution in [3.63, 3.8) is 0 Å². The minimum Gasteiger partial charge on any atom is -0.462 e. The van der Waals surface area contributed by atoms with Crippen LogP contribution >= 0.6 is 0 Å². The average Bonchev–Trinajstić information content (AvgIpc) is 3.49. The van der Waals surface area contributed by atoms with Crippen molar-refractivity contribution >= 4 is 16.1 Å². The summed E-state index contributed by atoms with van der Waals surface area (Å²) in [5.74, 6) is -0.256. The summed E-state index contributed by atoms with van der Waals surface area (Å²) >= 11 is 0. The molecule has 5 aliphatic rings. The highest BCUT2D eigenvalue weighted by Gasteiger charge is 2.64. The Morgan fingerprint density at radius 2 is 1.73 bits per heavy atom. The lowest BCUT2D eigenvalue weighted by atomic mass is 9.47. The maximum atomic E-state index is 13.0. The van der Waals surface area contributed by atoms with Gasteiger partial charge in [-0.25, -0.2) is 0 Å². The summed E-state index contributed by atoms with van der Waals surface area (Å²) in [7, 11) is -3.84. The van der Waals surface area contributed by atoms with Crippen molar-refractivity contribution in [3.05, 3.63) is 53.1 Å². The van der Waals surface area contributed by atoms with Crippen LogP contribution in [0.5, 0.6) is 0 Å². The van der Waals surface area contributed by atoms with Crippen molar-refractivity contribution in [2.24, 2.45) is 28.6 Å².